The van der Waals surface area contributed by atoms with Crippen molar-refractivity contribution in [1.29, 1.82) is 0 Å². The molecule has 0 fully saturated rings. The molecular weight excluding hydrogens is 510 g/mol. The highest BCUT2D eigenvalue weighted by atomic mass is 32.2. The molecule has 0 aromatic heterocycles. The fourth-order valence-corrected chi connectivity index (χ4v) is 5.52. The van der Waals surface area contributed by atoms with Gasteiger partial charge in [-0.25, -0.2) is 8.42 Å². The van der Waals surface area contributed by atoms with Crippen molar-refractivity contribution in [3.8, 4) is 0 Å². The number of benzene rings is 3. The first kappa shape index (κ1) is 29.9. The molecule has 208 valence electrons. The number of sulfonamides is 1. The Labute approximate surface area is 232 Å². The van der Waals surface area contributed by atoms with Crippen molar-refractivity contribution in [2.75, 3.05) is 17.4 Å². The van der Waals surface area contributed by atoms with Crippen LogP contribution in [0.3, 0.4) is 0 Å². The van der Waals surface area contributed by atoms with Crippen molar-refractivity contribution < 1.29 is 18.0 Å². The van der Waals surface area contributed by atoms with Crippen LogP contribution in [0.15, 0.2) is 71.6 Å². The fraction of sp³-hybridized carbons (Fsp3) is 0.355. The van der Waals surface area contributed by atoms with Gasteiger partial charge in [0.15, 0.2) is 0 Å². The zero-order chi connectivity index (χ0) is 28.7. The van der Waals surface area contributed by atoms with Crippen LogP contribution in [0.5, 0.6) is 0 Å². The highest BCUT2D eigenvalue weighted by Crippen LogP contribution is 2.27. The van der Waals surface area contributed by atoms with E-state index >= 15 is 0 Å². The molecule has 3 aromatic carbocycles. The van der Waals surface area contributed by atoms with Crippen molar-refractivity contribution in [2.24, 2.45) is 0 Å². The van der Waals surface area contributed by atoms with Crippen molar-refractivity contribution in [3.63, 3.8) is 0 Å². The summed E-state index contributed by atoms with van der Waals surface area (Å²) in [5.74, 6) is -0.750. The Morgan fingerprint density at radius 2 is 1.44 bits per heavy atom. The Morgan fingerprint density at radius 1 is 0.846 bits per heavy atom. The van der Waals surface area contributed by atoms with Crippen LogP contribution in [-0.4, -0.2) is 44.3 Å². The molecule has 0 aliphatic heterocycles. The van der Waals surface area contributed by atoms with E-state index in [4.69, 9.17) is 0 Å². The van der Waals surface area contributed by atoms with Crippen molar-refractivity contribution in [1.82, 2.24) is 10.2 Å². The summed E-state index contributed by atoms with van der Waals surface area (Å²) in [5, 5.41) is 2.86. The van der Waals surface area contributed by atoms with Gasteiger partial charge in [-0.1, -0.05) is 60.5 Å². The van der Waals surface area contributed by atoms with Gasteiger partial charge in [0.25, 0.3) is 10.0 Å². The van der Waals surface area contributed by atoms with E-state index in [9.17, 15) is 18.0 Å². The number of aryl methyl sites for hydroxylation is 4. The van der Waals surface area contributed by atoms with E-state index in [-0.39, 0.29) is 17.3 Å². The molecule has 2 amide bonds. The molecule has 3 aromatic rings. The van der Waals surface area contributed by atoms with Gasteiger partial charge in [0.1, 0.15) is 12.6 Å². The van der Waals surface area contributed by atoms with Crippen LogP contribution in [0.1, 0.15) is 48.1 Å². The second kappa shape index (κ2) is 12.9. The van der Waals surface area contributed by atoms with Gasteiger partial charge < -0.3 is 10.2 Å². The Bertz CT molecular complexity index is 1400. The van der Waals surface area contributed by atoms with Gasteiger partial charge in [-0.05, 0) is 82.0 Å². The second-order valence-corrected chi connectivity index (χ2v) is 11.9. The molecule has 8 heteroatoms. The van der Waals surface area contributed by atoms with Crippen molar-refractivity contribution in [2.45, 2.75) is 65.4 Å². The third-order valence-corrected chi connectivity index (χ3v) is 8.64. The van der Waals surface area contributed by atoms with Crippen LogP contribution in [-0.2, 0) is 26.2 Å². The highest BCUT2D eigenvalue weighted by Gasteiger charge is 2.32. The Balaban J connectivity index is 2.04. The molecule has 1 unspecified atom stereocenters. The van der Waals surface area contributed by atoms with Crippen LogP contribution in [0, 0.1) is 27.7 Å². The number of anilines is 1. The summed E-state index contributed by atoms with van der Waals surface area (Å²) in [4.78, 5) is 28.4. The van der Waals surface area contributed by atoms with Gasteiger partial charge in [-0.3, -0.25) is 13.9 Å². The van der Waals surface area contributed by atoms with Crippen LogP contribution in [0.25, 0.3) is 0 Å². The van der Waals surface area contributed by atoms with Crippen molar-refractivity contribution in [3.05, 3.63) is 94.5 Å². The molecule has 0 saturated heterocycles. The lowest BCUT2D eigenvalue weighted by Crippen LogP contribution is -2.51. The zero-order valence-corrected chi connectivity index (χ0v) is 24.5. The zero-order valence-electron chi connectivity index (χ0n) is 23.7. The lowest BCUT2D eigenvalue weighted by molar-refractivity contribution is -0.139. The predicted octanol–water partition coefficient (Wildman–Crippen LogP) is 5.06. The van der Waals surface area contributed by atoms with Crippen molar-refractivity contribution >= 4 is 27.5 Å². The summed E-state index contributed by atoms with van der Waals surface area (Å²) >= 11 is 0. The summed E-state index contributed by atoms with van der Waals surface area (Å²) < 4.78 is 29.0. The highest BCUT2D eigenvalue weighted by molar-refractivity contribution is 7.92. The SMILES string of the molecule is CCCNC(=O)C(C)N(Cc1ccc(C)cc1)C(=O)CN(c1ccc(C)c(C)c1)S(=O)(=O)c1ccc(C)cc1. The minimum atomic E-state index is -4.08. The van der Waals surface area contributed by atoms with Gasteiger partial charge in [0.2, 0.25) is 11.8 Å². The average Bonchev–Trinajstić information content (AvgIpc) is 2.91. The lowest BCUT2D eigenvalue weighted by atomic mass is 10.1. The third-order valence-electron chi connectivity index (χ3n) is 6.86. The molecule has 0 saturated carbocycles. The summed E-state index contributed by atoms with van der Waals surface area (Å²) in [6.45, 7) is 11.6. The summed E-state index contributed by atoms with van der Waals surface area (Å²) in [5.41, 5.74) is 5.18. The molecule has 1 N–H and O–H groups in total. The van der Waals surface area contributed by atoms with Crippen LogP contribution >= 0.6 is 0 Å². The number of hydrogen-bond acceptors (Lipinski definition) is 4. The lowest BCUT2D eigenvalue weighted by Gasteiger charge is -2.32. The number of nitrogens with zero attached hydrogens (tertiary/aromatic N) is 2. The van der Waals surface area contributed by atoms with Gasteiger partial charge >= 0.3 is 0 Å². The normalized spacial score (nSPS) is 12.1. The topological polar surface area (TPSA) is 86.8 Å². The van der Waals surface area contributed by atoms with E-state index in [1.54, 1.807) is 43.3 Å². The maximum absolute atomic E-state index is 13.9. The molecule has 0 aliphatic carbocycles. The van der Waals surface area contributed by atoms with Gasteiger partial charge in [0, 0.05) is 13.1 Å². The number of amides is 2. The van der Waals surface area contributed by atoms with Gasteiger partial charge in [0.05, 0.1) is 10.6 Å². The standard InChI is InChI=1S/C31H39N3O4S/c1-7-18-32-31(36)26(6)33(20-27-13-8-22(2)9-14-27)30(35)21-34(28-15-12-24(4)25(5)19-28)39(37,38)29-16-10-23(3)11-17-29/h8-17,19,26H,7,18,20-21H2,1-6H3,(H,32,36). The quantitative estimate of drug-likeness (QED) is 0.362. The largest absolute Gasteiger partial charge is 0.354 e. The Kier molecular flexibility index (Phi) is 9.92. The molecule has 1 atom stereocenters. The van der Waals surface area contributed by atoms with E-state index < -0.39 is 28.5 Å². The van der Waals surface area contributed by atoms with Crippen LogP contribution in [0.2, 0.25) is 0 Å². The second-order valence-electron chi connectivity index (χ2n) is 10.1. The van der Waals surface area contributed by atoms with Gasteiger partial charge in [-0.2, -0.15) is 0 Å². The molecule has 39 heavy (non-hydrogen) atoms. The molecule has 3 rings (SSSR count). The minimum Gasteiger partial charge on any atom is -0.354 e. The number of carbonyl (C=O) groups excluding carboxylic acids is 2. The fourth-order valence-electron chi connectivity index (χ4n) is 4.12. The maximum atomic E-state index is 13.9. The number of nitrogens with one attached hydrogen (secondary N) is 1. The first-order chi connectivity index (χ1) is 18.4. The number of hydrogen-bond donors (Lipinski definition) is 1. The first-order valence-corrected chi connectivity index (χ1v) is 14.7. The number of rotatable bonds is 11. The molecular formula is C31H39N3O4S. The molecule has 7 nitrogen and oxygen atoms in total. The predicted molar refractivity (Wildman–Crippen MR) is 156 cm³/mol. The Morgan fingerprint density at radius 3 is 2.00 bits per heavy atom. The van der Waals surface area contributed by atoms with Crippen LogP contribution < -0.4 is 9.62 Å². The van der Waals surface area contributed by atoms with E-state index in [0.717, 1.165) is 38.5 Å². The Hall–Kier alpha value is -3.65. The minimum absolute atomic E-state index is 0.0953. The average molecular weight is 550 g/mol. The molecule has 0 heterocycles. The first-order valence-electron chi connectivity index (χ1n) is 13.2. The summed E-state index contributed by atoms with van der Waals surface area (Å²) in [6.07, 6.45) is 0.764. The molecule has 0 bridgehead atoms. The molecule has 0 aliphatic rings. The summed E-state index contributed by atoms with van der Waals surface area (Å²) in [6, 6.07) is 18.8. The van der Waals surface area contributed by atoms with E-state index in [1.807, 2.05) is 65.0 Å². The monoisotopic (exact) mass is 549 g/mol. The maximum Gasteiger partial charge on any atom is 0.264 e. The van der Waals surface area contributed by atoms with E-state index in [2.05, 4.69) is 5.32 Å². The smallest absolute Gasteiger partial charge is 0.264 e. The summed E-state index contributed by atoms with van der Waals surface area (Å²) in [7, 11) is -4.08. The third kappa shape index (κ3) is 7.47. The molecule has 0 spiro atoms. The van der Waals surface area contributed by atoms with Crippen LogP contribution in [0.4, 0.5) is 5.69 Å². The van der Waals surface area contributed by atoms with E-state index in [0.29, 0.717) is 12.2 Å². The molecule has 0 radical (unpaired) electrons. The van der Waals surface area contributed by atoms with Gasteiger partial charge in [-0.15, -0.1) is 0 Å². The number of carbonyl (C=O) groups is 2. The van der Waals surface area contributed by atoms with E-state index in [1.165, 1.54) is 4.90 Å².